The second-order valence-corrected chi connectivity index (χ2v) is 3.67. The minimum atomic E-state index is -0.287. The maximum Gasteiger partial charge on any atom is 0.315 e. The van der Waals surface area contributed by atoms with Gasteiger partial charge in [0.15, 0.2) is 0 Å². The topological polar surface area (TPSA) is 59.3 Å². The van der Waals surface area contributed by atoms with E-state index in [1.807, 2.05) is 25.1 Å². The molecule has 98 valence electrons. The Morgan fingerprint density at radius 1 is 1.47 bits per heavy atom. The Hall–Kier alpha value is -2.40. The van der Waals surface area contributed by atoms with Crippen LogP contribution in [0.1, 0.15) is 5.56 Å². The molecule has 19 heavy (non-hydrogen) atoms. The van der Waals surface area contributed by atoms with Gasteiger partial charge in [-0.25, -0.2) is 5.26 Å². The van der Waals surface area contributed by atoms with E-state index in [-0.39, 0.29) is 6.71 Å². The highest BCUT2D eigenvalue weighted by molar-refractivity contribution is 6.81. The molecule has 5 heteroatoms. The van der Waals surface area contributed by atoms with E-state index >= 15 is 0 Å². The quantitative estimate of drug-likeness (QED) is 0.462. The van der Waals surface area contributed by atoms with Crippen molar-refractivity contribution in [1.82, 2.24) is 0 Å². The monoisotopic (exact) mass is 257 g/mol. The number of nitrogens with zero attached hydrogens (tertiary/aromatic N) is 1. The molecule has 0 bridgehead atoms. The predicted molar refractivity (Wildman–Crippen MR) is 75.4 cm³/mol. The van der Waals surface area contributed by atoms with E-state index in [1.54, 1.807) is 7.11 Å². The highest BCUT2D eigenvalue weighted by Gasteiger charge is 2.19. The third-order valence-electron chi connectivity index (χ3n) is 2.34. The molecule has 0 heterocycles. The van der Waals surface area contributed by atoms with E-state index in [2.05, 4.69) is 16.6 Å². The van der Waals surface area contributed by atoms with E-state index in [0.29, 0.717) is 12.8 Å². The number of nitriles is 1. The molecule has 0 saturated carbocycles. The van der Waals surface area contributed by atoms with Crippen LogP contribution in [0.15, 0.2) is 18.2 Å². The molecule has 0 unspecified atom stereocenters. The molecule has 4 nitrogen and oxygen atoms in total. The van der Waals surface area contributed by atoms with Crippen molar-refractivity contribution in [2.75, 3.05) is 14.2 Å². The van der Waals surface area contributed by atoms with Crippen LogP contribution in [0.3, 0.4) is 0 Å². The third kappa shape index (κ3) is 5.65. The van der Waals surface area contributed by atoms with Crippen LogP contribution in [0.5, 0.6) is 5.75 Å². The van der Waals surface area contributed by atoms with Crippen LogP contribution in [0, 0.1) is 30.5 Å². The fraction of sp³-hybridized carbons (Fsp3) is 0.286. The number of carbonyl (C=O) groups excluding carboxylic acids is 1. The van der Waals surface area contributed by atoms with Gasteiger partial charge in [-0.3, -0.25) is 4.79 Å². The normalized spacial score (nSPS) is 8.05. The smallest absolute Gasteiger partial charge is 0.315 e. The highest BCUT2D eigenvalue weighted by atomic mass is 16.5. The number of terminal acetylenes is 1. The number of carbonyl (C=O) groups is 1. The fourth-order valence-electron chi connectivity index (χ4n) is 1.45. The van der Waals surface area contributed by atoms with Crippen molar-refractivity contribution in [1.29, 1.82) is 5.26 Å². The van der Waals surface area contributed by atoms with Gasteiger partial charge in [-0.05, 0) is 24.0 Å². The lowest BCUT2D eigenvalue weighted by atomic mass is 9.44. The van der Waals surface area contributed by atoms with Crippen LogP contribution in [0.4, 0.5) is 0 Å². The number of ether oxygens (including phenoxy) is 2. The van der Waals surface area contributed by atoms with Gasteiger partial charge in [-0.2, -0.15) is 0 Å². The molecule has 1 rings (SSSR count). The first kappa shape index (κ1) is 16.6. The van der Waals surface area contributed by atoms with Crippen molar-refractivity contribution in [3.63, 3.8) is 0 Å². The lowest BCUT2D eigenvalue weighted by Crippen LogP contribution is -2.29. The molecule has 0 amide bonds. The van der Waals surface area contributed by atoms with Gasteiger partial charge >= 0.3 is 6.71 Å². The van der Waals surface area contributed by atoms with Gasteiger partial charge in [0.25, 0.3) is 6.47 Å². The molecule has 0 aliphatic heterocycles. The first-order valence-corrected chi connectivity index (χ1v) is 5.58. The number of hydrogen-bond donors (Lipinski definition) is 0. The van der Waals surface area contributed by atoms with E-state index in [9.17, 15) is 0 Å². The standard InChI is InChI=1S/C12H12BNO.C2H4O2/c1-4-7-13(9-14)11-6-5-10(2)8-12(11)15-3;1-4-2-3/h1,5-6,8H,7H2,2-3H3;2H,1H3. The minimum absolute atomic E-state index is 0.287. The fourth-order valence-corrected chi connectivity index (χ4v) is 1.45. The van der Waals surface area contributed by atoms with E-state index in [1.165, 1.54) is 7.11 Å². The van der Waals surface area contributed by atoms with Crippen molar-refractivity contribution in [3.05, 3.63) is 23.8 Å². The molecule has 1 aromatic carbocycles. The van der Waals surface area contributed by atoms with Crippen molar-refractivity contribution in [3.8, 4) is 24.1 Å². The summed E-state index contributed by atoms with van der Waals surface area (Å²) >= 11 is 0. The van der Waals surface area contributed by atoms with E-state index < -0.39 is 0 Å². The molecular weight excluding hydrogens is 241 g/mol. The zero-order chi connectivity index (χ0) is 14.7. The third-order valence-corrected chi connectivity index (χ3v) is 2.34. The van der Waals surface area contributed by atoms with Gasteiger partial charge in [-0.15, -0.1) is 12.3 Å². The van der Waals surface area contributed by atoms with Gasteiger partial charge in [-0.1, -0.05) is 12.1 Å². The molecule has 1 aromatic rings. The Labute approximate surface area is 114 Å². The first-order chi connectivity index (χ1) is 9.14. The summed E-state index contributed by atoms with van der Waals surface area (Å²) in [7, 11) is 2.91. The number of benzene rings is 1. The summed E-state index contributed by atoms with van der Waals surface area (Å²) in [6, 6.07) is 5.77. The Bertz CT molecular complexity index is 488. The summed E-state index contributed by atoms with van der Waals surface area (Å²) in [4.78, 5) is 8.95. The van der Waals surface area contributed by atoms with Crippen LogP contribution in [-0.2, 0) is 9.53 Å². The zero-order valence-corrected chi connectivity index (χ0v) is 11.3. The number of rotatable bonds is 4. The molecule has 0 aliphatic carbocycles. The molecule has 0 aromatic heterocycles. The predicted octanol–water partition coefficient (Wildman–Crippen LogP) is 1.19. The van der Waals surface area contributed by atoms with Crippen molar-refractivity contribution in [2.24, 2.45) is 0 Å². The average Bonchev–Trinajstić information content (AvgIpc) is 2.45. The average molecular weight is 257 g/mol. The zero-order valence-electron chi connectivity index (χ0n) is 11.3. The molecule has 0 radical (unpaired) electrons. The van der Waals surface area contributed by atoms with Gasteiger partial charge in [0.2, 0.25) is 0 Å². The van der Waals surface area contributed by atoms with Gasteiger partial charge in [0.1, 0.15) is 5.75 Å². The number of hydrogen-bond acceptors (Lipinski definition) is 4. The Morgan fingerprint density at radius 2 is 2.11 bits per heavy atom. The van der Waals surface area contributed by atoms with Crippen LogP contribution in [-0.4, -0.2) is 27.4 Å². The SMILES string of the molecule is C#CCB(C#N)c1ccc(C)cc1OC.COC=O. The lowest BCUT2D eigenvalue weighted by molar-refractivity contribution is -0.126. The van der Waals surface area contributed by atoms with Crippen molar-refractivity contribution >= 4 is 18.6 Å². The van der Waals surface area contributed by atoms with Crippen molar-refractivity contribution in [2.45, 2.75) is 13.2 Å². The Morgan fingerprint density at radius 3 is 2.53 bits per heavy atom. The van der Waals surface area contributed by atoms with Crippen LogP contribution >= 0.6 is 0 Å². The van der Waals surface area contributed by atoms with Crippen LogP contribution in [0.25, 0.3) is 0 Å². The molecule has 0 saturated heterocycles. The molecule has 0 aliphatic rings. The highest BCUT2D eigenvalue weighted by Crippen LogP contribution is 2.11. The van der Waals surface area contributed by atoms with Gasteiger partial charge < -0.3 is 9.47 Å². The minimum Gasteiger partial charge on any atom is -0.497 e. The molecule has 0 N–H and O–H groups in total. The largest absolute Gasteiger partial charge is 0.497 e. The first-order valence-electron chi connectivity index (χ1n) is 5.58. The van der Waals surface area contributed by atoms with Crippen LogP contribution in [0.2, 0.25) is 6.32 Å². The molecule has 0 spiro atoms. The maximum absolute atomic E-state index is 9.00. The van der Waals surface area contributed by atoms with Crippen molar-refractivity contribution < 1.29 is 14.3 Å². The molecule has 0 fully saturated rings. The summed E-state index contributed by atoms with van der Waals surface area (Å²) in [5.41, 5.74) is 1.97. The van der Waals surface area contributed by atoms with E-state index in [0.717, 1.165) is 16.8 Å². The number of aryl methyl sites for hydroxylation is 1. The van der Waals surface area contributed by atoms with Gasteiger partial charge in [0, 0.05) is 12.3 Å². The summed E-state index contributed by atoms with van der Waals surface area (Å²) in [5, 5.41) is 9.00. The summed E-state index contributed by atoms with van der Waals surface area (Å²) in [6.07, 6.45) is 5.63. The van der Waals surface area contributed by atoms with Gasteiger partial charge in [0.05, 0.1) is 14.2 Å². The number of methoxy groups -OCH3 is 2. The summed E-state index contributed by atoms with van der Waals surface area (Å²) in [6.45, 7) is 2.07. The molecular formula is C14H16BNO3. The molecule has 0 atom stereocenters. The summed E-state index contributed by atoms with van der Waals surface area (Å²) < 4.78 is 9.10. The van der Waals surface area contributed by atoms with Crippen LogP contribution < -0.4 is 10.2 Å². The second kappa shape index (κ2) is 9.62. The Kier molecular flexibility index (Phi) is 8.40. The maximum atomic E-state index is 9.00. The Balaban J connectivity index is 0.000000711. The summed E-state index contributed by atoms with van der Waals surface area (Å²) in [5.74, 6) is 5.43. The lowest BCUT2D eigenvalue weighted by Gasteiger charge is -2.10. The second-order valence-electron chi connectivity index (χ2n) is 3.67. The van der Waals surface area contributed by atoms with E-state index in [4.69, 9.17) is 21.2 Å².